The lowest BCUT2D eigenvalue weighted by Gasteiger charge is -2.32. The van der Waals surface area contributed by atoms with Gasteiger partial charge >= 0.3 is 0 Å². The molecule has 0 bridgehead atoms. The summed E-state index contributed by atoms with van der Waals surface area (Å²) in [6.45, 7) is 10.6. The lowest BCUT2D eigenvalue weighted by molar-refractivity contribution is -0.140. The molecular weight excluding hydrogens is 322 g/mol. The Labute approximate surface area is 150 Å². The predicted molar refractivity (Wildman–Crippen MR) is 97.8 cm³/mol. The van der Waals surface area contributed by atoms with Gasteiger partial charge in [0, 0.05) is 24.3 Å². The third-order valence-corrected chi connectivity index (χ3v) is 6.28. The van der Waals surface area contributed by atoms with Crippen LogP contribution in [-0.4, -0.2) is 39.5 Å². The molecule has 1 aliphatic heterocycles. The molecule has 24 heavy (non-hydrogen) atoms. The summed E-state index contributed by atoms with van der Waals surface area (Å²) in [4.78, 5) is 38.5. The van der Waals surface area contributed by atoms with Crippen LogP contribution < -0.4 is 0 Å². The Bertz CT molecular complexity index is 501. The Morgan fingerprint density at radius 1 is 1.17 bits per heavy atom. The summed E-state index contributed by atoms with van der Waals surface area (Å²) in [6, 6.07) is 0. The molecule has 1 saturated carbocycles. The molecule has 136 valence electrons. The fourth-order valence-electron chi connectivity index (χ4n) is 3.76. The summed E-state index contributed by atoms with van der Waals surface area (Å²) in [5, 5.41) is 0.154. The van der Waals surface area contributed by atoms with Gasteiger partial charge in [0.2, 0.25) is 11.8 Å². The van der Waals surface area contributed by atoms with Crippen LogP contribution >= 0.6 is 11.8 Å². The van der Waals surface area contributed by atoms with Crippen molar-refractivity contribution in [1.29, 1.82) is 0 Å². The molecule has 2 rings (SSSR count). The molecule has 2 fully saturated rings. The first-order valence-electron chi connectivity index (χ1n) is 9.13. The number of likely N-dealkylation sites (tertiary alicyclic amines) is 1. The first-order chi connectivity index (χ1) is 11.1. The minimum atomic E-state index is -0.278. The molecule has 5 heteroatoms. The predicted octanol–water partition coefficient (Wildman–Crippen LogP) is 3.68. The number of imide groups is 1. The average molecular weight is 354 g/mol. The van der Waals surface area contributed by atoms with E-state index in [4.69, 9.17) is 0 Å². The highest BCUT2D eigenvalue weighted by molar-refractivity contribution is 8.01. The normalized spacial score (nSPS) is 28.8. The molecule has 0 radical (unpaired) electrons. The Morgan fingerprint density at radius 3 is 2.25 bits per heavy atom. The van der Waals surface area contributed by atoms with E-state index in [1.54, 1.807) is 11.8 Å². The van der Waals surface area contributed by atoms with E-state index in [1.165, 1.54) is 4.90 Å². The molecule has 0 aromatic rings. The van der Waals surface area contributed by atoms with Crippen molar-refractivity contribution in [3.8, 4) is 0 Å². The van der Waals surface area contributed by atoms with E-state index in [-0.39, 0.29) is 28.4 Å². The minimum Gasteiger partial charge on any atom is -0.299 e. The van der Waals surface area contributed by atoms with Gasteiger partial charge in [0.15, 0.2) is 0 Å². The van der Waals surface area contributed by atoms with Crippen LogP contribution in [0.15, 0.2) is 0 Å². The van der Waals surface area contributed by atoms with Gasteiger partial charge < -0.3 is 0 Å². The summed E-state index contributed by atoms with van der Waals surface area (Å²) in [5.74, 6) is 0.820. The quantitative estimate of drug-likeness (QED) is 0.708. The minimum absolute atomic E-state index is 0.00779. The van der Waals surface area contributed by atoms with Crippen molar-refractivity contribution in [2.75, 3.05) is 6.54 Å². The van der Waals surface area contributed by atoms with Crippen LogP contribution in [0.3, 0.4) is 0 Å². The molecular formula is C19H31NO3S. The van der Waals surface area contributed by atoms with Crippen molar-refractivity contribution in [1.82, 2.24) is 4.90 Å². The first kappa shape index (κ1) is 19.5. The molecule has 1 heterocycles. The van der Waals surface area contributed by atoms with Crippen molar-refractivity contribution >= 4 is 29.4 Å². The summed E-state index contributed by atoms with van der Waals surface area (Å²) < 4.78 is 0. The largest absolute Gasteiger partial charge is 0.299 e. The number of Topliss-reactive ketones (excluding diaryl/α,β-unsaturated/α-hetero) is 1. The molecule has 2 aliphatic rings. The van der Waals surface area contributed by atoms with E-state index in [2.05, 4.69) is 13.8 Å². The van der Waals surface area contributed by atoms with Gasteiger partial charge in [-0.25, -0.2) is 0 Å². The van der Waals surface area contributed by atoms with Crippen molar-refractivity contribution < 1.29 is 14.4 Å². The highest BCUT2D eigenvalue weighted by atomic mass is 32.2. The van der Waals surface area contributed by atoms with E-state index in [1.807, 2.05) is 20.8 Å². The molecule has 0 spiro atoms. The van der Waals surface area contributed by atoms with Crippen molar-refractivity contribution in [3.05, 3.63) is 0 Å². The third kappa shape index (κ3) is 4.62. The van der Waals surface area contributed by atoms with E-state index < -0.39 is 0 Å². The van der Waals surface area contributed by atoms with Crippen molar-refractivity contribution in [2.45, 2.75) is 77.2 Å². The summed E-state index contributed by atoms with van der Waals surface area (Å²) in [5.41, 5.74) is -0.278. The smallest absolute Gasteiger partial charge is 0.242 e. The Morgan fingerprint density at radius 2 is 1.75 bits per heavy atom. The van der Waals surface area contributed by atoms with E-state index in [0.29, 0.717) is 29.9 Å². The number of nitrogens with zero attached hydrogens (tertiary/aromatic N) is 1. The molecule has 0 N–H and O–H groups in total. The van der Waals surface area contributed by atoms with Gasteiger partial charge in [-0.05, 0) is 36.9 Å². The van der Waals surface area contributed by atoms with Crippen LogP contribution in [0.5, 0.6) is 0 Å². The fraction of sp³-hybridized carbons (Fsp3) is 0.842. The summed E-state index contributed by atoms with van der Waals surface area (Å²) in [6.07, 6.45) is 4.00. The second kappa shape index (κ2) is 7.59. The highest BCUT2D eigenvalue weighted by Crippen LogP contribution is 2.36. The lowest BCUT2D eigenvalue weighted by atomic mass is 9.73. The van der Waals surface area contributed by atoms with Gasteiger partial charge in [-0.2, -0.15) is 0 Å². The van der Waals surface area contributed by atoms with Gasteiger partial charge in [0.05, 0.1) is 5.25 Å². The van der Waals surface area contributed by atoms with E-state index >= 15 is 0 Å². The molecule has 4 nitrogen and oxygen atoms in total. The molecule has 1 aliphatic carbocycles. The second-order valence-corrected chi connectivity index (χ2v) is 10.3. The zero-order valence-electron chi connectivity index (χ0n) is 15.6. The van der Waals surface area contributed by atoms with Crippen LogP contribution in [0.25, 0.3) is 0 Å². The van der Waals surface area contributed by atoms with Crippen LogP contribution in [-0.2, 0) is 14.4 Å². The zero-order valence-corrected chi connectivity index (χ0v) is 16.4. The summed E-state index contributed by atoms with van der Waals surface area (Å²) in [7, 11) is 0. The maximum atomic E-state index is 12.5. The number of ketones is 1. The number of amides is 2. The molecule has 1 atom stereocenters. The Hall–Kier alpha value is -0.840. The van der Waals surface area contributed by atoms with Gasteiger partial charge in [-0.3, -0.25) is 19.3 Å². The molecule has 1 unspecified atom stereocenters. The highest BCUT2D eigenvalue weighted by Gasteiger charge is 2.41. The van der Waals surface area contributed by atoms with Gasteiger partial charge in [0.1, 0.15) is 5.78 Å². The molecule has 0 aromatic heterocycles. The average Bonchev–Trinajstić information content (AvgIpc) is 2.73. The molecule has 1 saturated heterocycles. The standard InChI is InChI=1S/C19H31NO3S/c1-12(2)24-15-10-16(21)20(18(15)23)11-13-6-8-14(9-7-13)17(22)19(3,4)5/h12-15H,6-11H2,1-5H3. The van der Waals surface area contributed by atoms with Gasteiger partial charge in [0.25, 0.3) is 0 Å². The van der Waals surface area contributed by atoms with E-state index in [0.717, 1.165) is 25.7 Å². The van der Waals surface area contributed by atoms with Crippen molar-refractivity contribution in [3.63, 3.8) is 0 Å². The van der Waals surface area contributed by atoms with E-state index in [9.17, 15) is 14.4 Å². The Balaban J connectivity index is 1.87. The number of carbonyl (C=O) groups excluding carboxylic acids is 3. The second-order valence-electron chi connectivity index (χ2n) is 8.55. The number of rotatable bonds is 5. The summed E-state index contributed by atoms with van der Waals surface area (Å²) >= 11 is 1.59. The van der Waals surface area contributed by atoms with Crippen LogP contribution in [0, 0.1) is 17.3 Å². The van der Waals surface area contributed by atoms with Crippen LogP contribution in [0.2, 0.25) is 0 Å². The van der Waals surface area contributed by atoms with Gasteiger partial charge in [-0.15, -0.1) is 11.8 Å². The van der Waals surface area contributed by atoms with Gasteiger partial charge in [-0.1, -0.05) is 34.6 Å². The number of hydrogen-bond acceptors (Lipinski definition) is 4. The SMILES string of the molecule is CC(C)SC1CC(=O)N(CC2CCC(C(=O)C(C)(C)C)CC2)C1=O. The molecule has 0 aromatic carbocycles. The molecule has 2 amide bonds. The number of thioether (sulfide) groups is 1. The monoisotopic (exact) mass is 353 g/mol. The maximum Gasteiger partial charge on any atom is 0.242 e. The van der Waals surface area contributed by atoms with Crippen LogP contribution in [0.1, 0.15) is 66.7 Å². The topological polar surface area (TPSA) is 54.5 Å². The lowest BCUT2D eigenvalue weighted by Crippen LogP contribution is -2.38. The van der Waals surface area contributed by atoms with Crippen LogP contribution in [0.4, 0.5) is 0 Å². The fourth-order valence-corrected chi connectivity index (χ4v) is 4.90. The Kier molecular flexibility index (Phi) is 6.16. The third-order valence-electron chi connectivity index (χ3n) is 5.04. The zero-order chi connectivity index (χ0) is 18.1. The van der Waals surface area contributed by atoms with Crippen molar-refractivity contribution in [2.24, 2.45) is 17.3 Å². The maximum absolute atomic E-state index is 12.5. The first-order valence-corrected chi connectivity index (χ1v) is 10.1. The number of carbonyl (C=O) groups is 3. The number of hydrogen-bond donors (Lipinski definition) is 0.